The summed E-state index contributed by atoms with van der Waals surface area (Å²) in [5.41, 5.74) is 1.25. The highest BCUT2D eigenvalue weighted by Crippen LogP contribution is 2.32. The quantitative estimate of drug-likeness (QED) is 0.786. The summed E-state index contributed by atoms with van der Waals surface area (Å²) in [6.45, 7) is 6.52. The molecule has 0 aromatic heterocycles. The zero-order chi connectivity index (χ0) is 13.9. The summed E-state index contributed by atoms with van der Waals surface area (Å²) < 4.78 is 11.2. The van der Waals surface area contributed by atoms with Gasteiger partial charge < -0.3 is 9.47 Å². The summed E-state index contributed by atoms with van der Waals surface area (Å²) in [5, 5.41) is 0. The van der Waals surface area contributed by atoms with Crippen molar-refractivity contribution >= 4 is 0 Å². The first kappa shape index (κ1) is 13.5. The molecular formula is C17H20O2. The van der Waals surface area contributed by atoms with Gasteiger partial charge in [0.15, 0.2) is 0 Å². The smallest absolute Gasteiger partial charge is 0.131 e. The average Bonchev–Trinajstić information content (AvgIpc) is 2.38. The highest BCUT2D eigenvalue weighted by molar-refractivity contribution is 5.43. The second kappa shape index (κ2) is 5.35. The maximum absolute atomic E-state index is 5.88. The topological polar surface area (TPSA) is 18.5 Å². The summed E-state index contributed by atoms with van der Waals surface area (Å²) in [5.74, 6) is 2.45. The number of para-hydroxylation sites is 1. The first-order chi connectivity index (χ1) is 8.99. The van der Waals surface area contributed by atoms with Crippen molar-refractivity contribution < 1.29 is 9.47 Å². The van der Waals surface area contributed by atoms with E-state index in [0.29, 0.717) is 0 Å². The highest BCUT2D eigenvalue weighted by Gasteiger charge is 2.16. The van der Waals surface area contributed by atoms with Gasteiger partial charge in [0.25, 0.3) is 0 Å². The predicted octanol–water partition coefficient (Wildman–Crippen LogP) is 4.79. The molecular weight excluding hydrogens is 236 g/mol. The molecule has 0 aliphatic rings. The molecule has 19 heavy (non-hydrogen) atoms. The lowest BCUT2D eigenvalue weighted by atomic mass is 9.87. The molecule has 0 amide bonds. The number of rotatable bonds is 3. The molecule has 2 rings (SSSR count). The SMILES string of the molecule is COc1cc(Oc2ccccc2)cc(C(C)(C)C)c1. The summed E-state index contributed by atoms with van der Waals surface area (Å²) in [4.78, 5) is 0. The zero-order valence-electron chi connectivity index (χ0n) is 11.9. The normalized spacial score (nSPS) is 11.2. The lowest BCUT2D eigenvalue weighted by molar-refractivity contribution is 0.406. The Kier molecular flexibility index (Phi) is 3.79. The molecule has 2 heteroatoms. The largest absolute Gasteiger partial charge is 0.497 e. The Morgan fingerprint density at radius 2 is 1.42 bits per heavy atom. The molecule has 0 aliphatic carbocycles. The number of ether oxygens (including phenoxy) is 2. The average molecular weight is 256 g/mol. The molecule has 0 spiro atoms. The highest BCUT2D eigenvalue weighted by atomic mass is 16.5. The zero-order valence-corrected chi connectivity index (χ0v) is 11.9. The van der Waals surface area contributed by atoms with Gasteiger partial charge in [-0.05, 0) is 35.2 Å². The second-order valence-electron chi connectivity index (χ2n) is 5.56. The van der Waals surface area contributed by atoms with Crippen LogP contribution in [0.3, 0.4) is 0 Å². The van der Waals surface area contributed by atoms with Crippen LogP contribution in [0.5, 0.6) is 17.2 Å². The Balaban J connectivity index is 2.35. The van der Waals surface area contributed by atoms with E-state index in [9.17, 15) is 0 Å². The van der Waals surface area contributed by atoms with Crippen LogP contribution in [0.4, 0.5) is 0 Å². The van der Waals surface area contributed by atoms with Crippen LogP contribution in [-0.4, -0.2) is 7.11 Å². The van der Waals surface area contributed by atoms with Gasteiger partial charge in [-0.2, -0.15) is 0 Å². The van der Waals surface area contributed by atoms with E-state index < -0.39 is 0 Å². The van der Waals surface area contributed by atoms with Gasteiger partial charge in [0, 0.05) is 6.07 Å². The summed E-state index contributed by atoms with van der Waals surface area (Å²) in [6, 6.07) is 15.8. The van der Waals surface area contributed by atoms with Crippen molar-refractivity contribution in [1.29, 1.82) is 0 Å². The fraction of sp³-hybridized carbons (Fsp3) is 0.294. The van der Waals surface area contributed by atoms with E-state index in [0.717, 1.165) is 17.2 Å². The molecule has 0 saturated carbocycles. The molecule has 0 unspecified atom stereocenters. The van der Waals surface area contributed by atoms with Gasteiger partial charge in [-0.15, -0.1) is 0 Å². The van der Waals surface area contributed by atoms with E-state index in [2.05, 4.69) is 32.9 Å². The molecule has 0 aliphatic heterocycles. The molecule has 2 aromatic carbocycles. The third kappa shape index (κ3) is 3.50. The first-order valence-corrected chi connectivity index (χ1v) is 6.41. The van der Waals surface area contributed by atoms with E-state index >= 15 is 0 Å². The first-order valence-electron chi connectivity index (χ1n) is 6.41. The molecule has 0 N–H and O–H groups in total. The van der Waals surface area contributed by atoms with Crippen molar-refractivity contribution in [2.24, 2.45) is 0 Å². The van der Waals surface area contributed by atoms with Crippen LogP contribution < -0.4 is 9.47 Å². The molecule has 0 heterocycles. The summed E-state index contributed by atoms with van der Waals surface area (Å²) >= 11 is 0. The van der Waals surface area contributed by atoms with Crippen LogP contribution in [0.25, 0.3) is 0 Å². The number of hydrogen-bond acceptors (Lipinski definition) is 2. The van der Waals surface area contributed by atoms with Crippen LogP contribution in [0.1, 0.15) is 26.3 Å². The molecule has 2 nitrogen and oxygen atoms in total. The minimum Gasteiger partial charge on any atom is -0.497 e. The Labute approximate surface area is 115 Å². The Bertz CT molecular complexity index is 539. The Hall–Kier alpha value is -1.96. The van der Waals surface area contributed by atoms with E-state index in [1.54, 1.807) is 7.11 Å². The summed E-state index contributed by atoms with van der Waals surface area (Å²) in [7, 11) is 1.67. The minimum absolute atomic E-state index is 0.0589. The Morgan fingerprint density at radius 1 is 0.789 bits per heavy atom. The number of benzene rings is 2. The molecule has 100 valence electrons. The van der Waals surface area contributed by atoms with Gasteiger partial charge >= 0.3 is 0 Å². The molecule has 0 saturated heterocycles. The van der Waals surface area contributed by atoms with Crippen molar-refractivity contribution in [3.63, 3.8) is 0 Å². The predicted molar refractivity (Wildman–Crippen MR) is 78.2 cm³/mol. The molecule has 0 radical (unpaired) electrons. The fourth-order valence-corrected chi connectivity index (χ4v) is 1.81. The van der Waals surface area contributed by atoms with Crippen molar-refractivity contribution in [3.05, 3.63) is 54.1 Å². The summed E-state index contributed by atoms with van der Waals surface area (Å²) in [6.07, 6.45) is 0. The molecule has 2 aromatic rings. The molecule has 0 fully saturated rings. The molecule has 0 atom stereocenters. The van der Waals surface area contributed by atoms with Crippen LogP contribution in [0.15, 0.2) is 48.5 Å². The van der Waals surface area contributed by atoms with Gasteiger partial charge in [-0.25, -0.2) is 0 Å². The maximum Gasteiger partial charge on any atom is 0.131 e. The van der Waals surface area contributed by atoms with Crippen molar-refractivity contribution in [2.75, 3.05) is 7.11 Å². The lowest BCUT2D eigenvalue weighted by Crippen LogP contribution is -2.11. The third-order valence-electron chi connectivity index (χ3n) is 2.96. The Morgan fingerprint density at radius 3 is 2.00 bits per heavy atom. The van der Waals surface area contributed by atoms with Crippen molar-refractivity contribution in [2.45, 2.75) is 26.2 Å². The van der Waals surface area contributed by atoms with Crippen LogP contribution >= 0.6 is 0 Å². The van der Waals surface area contributed by atoms with Gasteiger partial charge in [-0.1, -0.05) is 39.0 Å². The lowest BCUT2D eigenvalue weighted by Gasteiger charge is -2.21. The van der Waals surface area contributed by atoms with Gasteiger partial charge in [0.2, 0.25) is 0 Å². The van der Waals surface area contributed by atoms with E-state index in [1.807, 2.05) is 36.4 Å². The number of hydrogen-bond donors (Lipinski definition) is 0. The van der Waals surface area contributed by atoms with Gasteiger partial charge in [0.1, 0.15) is 17.2 Å². The number of methoxy groups -OCH3 is 1. The molecule has 0 bridgehead atoms. The fourth-order valence-electron chi connectivity index (χ4n) is 1.81. The van der Waals surface area contributed by atoms with Crippen LogP contribution in [0, 0.1) is 0 Å². The van der Waals surface area contributed by atoms with Crippen LogP contribution in [-0.2, 0) is 5.41 Å². The second-order valence-corrected chi connectivity index (χ2v) is 5.56. The van der Waals surface area contributed by atoms with Gasteiger partial charge in [-0.3, -0.25) is 0 Å². The monoisotopic (exact) mass is 256 g/mol. The minimum atomic E-state index is 0.0589. The van der Waals surface area contributed by atoms with E-state index in [4.69, 9.17) is 9.47 Å². The van der Waals surface area contributed by atoms with Gasteiger partial charge in [0.05, 0.1) is 7.11 Å². The van der Waals surface area contributed by atoms with Crippen molar-refractivity contribution in [1.82, 2.24) is 0 Å². The standard InChI is InChI=1S/C17H20O2/c1-17(2,3)13-10-15(18-4)12-16(11-13)19-14-8-6-5-7-9-14/h5-12H,1-4H3. The van der Waals surface area contributed by atoms with Crippen molar-refractivity contribution in [3.8, 4) is 17.2 Å². The third-order valence-corrected chi connectivity index (χ3v) is 2.96. The van der Waals surface area contributed by atoms with E-state index in [-0.39, 0.29) is 5.41 Å². The maximum atomic E-state index is 5.88. The van der Waals surface area contributed by atoms with E-state index in [1.165, 1.54) is 5.56 Å². The van der Waals surface area contributed by atoms with Crippen LogP contribution in [0.2, 0.25) is 0 Å².